The van der Waals surface area contributed by atoms with E-state index in [0.717, 1.165) is 17.1 Å². The lowest BCUT2D eigenvalue weighted by atomic mass is 9.69. The minimum atomic E-state index is -0.515. The van der Waals surface area contributed by atoms with Crippen molar-refractivity contribution < 1.29 is 0 Å². The average Bonchev–Trinajstić information content (AvgIpc) is 3.93. The molecular formula is C64H45N. The van der Waals surface area contributed by atoms with Gasteiger partial charge in [0.15, 0.2) is 0 Å². The Hall–Kier alpha value is -8.00. The van der Waals surface area contributed by atoms with E-state index in [1.807, 2.05) is 0 Å². The fraction of sp³-hybridized carbons (Fsp3) is 0.0625. The van der Waals surface area contributed by atoms with Crippen LogP contribution in [-0.4, -0.2) is 0 Å². The molecule has 0 saturated heterocycles. The van der Waals surface area contributed by atoms with Crippen LogP contribution in [0.4, 0.5) is 17.1 Å². The van der Waals surface area contributed by atoms with Crippen LogP contribution in [0.5, 0.6) is 0 Å². The molecule has 13 rings (SSSR count). The molecule has 0 bridgehead atoms. The number of nitrogens with zero attached hydrogens (tertiary/aromatic N) is 1. The lowest BCUT2D eigenvalue weighted by molar-refractivity contribution is 0.657. The van der Waals surface area contributed by atoms with Crippen LogP contribution in [0.2, 0.25) is 0 Å². The molecule has 0 aliphatic heterocycles. The van der Waals surface area contributed by atoms with Gasteiger partial charge in [-0.05, 0) is 137 Å². The second-order valence-corrected chi connectivity index (χ2v) is 18.4. The van der Waals surface area contributed by atoms with Crippen molar-refractivity contribution in [2.45, 2.75) is 24.7 Å². The molecule has 0 aromatic heterocycles. The largest absolute Gasteiger partial charge is 0.310 e. The quantitative estimate of drug-likeness (QED) is 0.161. The Morgan fingerprint density at radius 3 is 1.20 bits per heavy atom. The first-order valence-corrected chi connectivity index (χ1v) is 22.8. The number of anilines is 3. The smallest absolute Gasteiger partial charge is 0.0725 e. The van der Waals surface area contributed by atoms with Crippen LogP contribution in [0, 0.1) is 0 Å². The highest BCUT2D eigenvalue weighted by Crippen LogP contribution is 2.67. The zero-order valence-corrected chi connectivity index (χ0v) is 36.5. The van der Waals surface area contributed by atoms with E-state index in [9.17, 15) is 0 Å². The van der Waals surface area contributed by atoms with Crippen molar-refractivity contribution >= 4 is 17.1 Å². The molecule has 0 heterocycles. The van der Waals surface area contributed by atoms with Crippen molar-refractivity contribution in [3.05, 3.63) is 270 Å². The summed E-state index contributed by atoms with van der Waals surface area (Å²) in [5, 5.41) is 0. The molecule has 0 radical (unpaired) electrons. The second-order valence-electron chi connectivity index (χ2n) is 18.4. The van der Waals surface area contributed by atoms with Crippen LogP contribution in [0.3, 0.4) is 0 Å². The van der Waals surface area contributed by atoms with Gasteiger partial charge in [-0.1, -0.05) is 214 Å². The number of hydrogen-bond donors (Lipinski definition) is 0. The third kappa shape index (κ3) is 5.39. The number of hydrogen-bond acceptors (Lipinski definition) is 1. The normalized spacial score (nSPS) is 13.9. The first-order chi connectivity index (χ1) is 32.0. The maximum absolute atomic E-state index is 2.62. The summed E-state index contributed by atoms with van der Waals surface area (Å²) in [7, 11) is 0. The first kappa shape index (κ1) is 37.5. The highest BCUT2D eigenvalue weighted by Gasteiger charge is 2.54. The fourth-order valence-corrected chi connectivity index (χ4v) is 11.8. The van der Waals surface area contributed by atoms with Gasteiger partial charge in [0.2, 0.25) is 0 Å². The van der Waals surface area contributed by atoms with Gasteiger partial charge in [0.25, 0.3) is 0 Å². The Morgan fingerprint density at radius 1 is 0.262 bits per heavy atom. The van der Waals surface area contributed by atoms with Crippen LogP contribution in [-0.2, 0) is 10.8 Å². The predicted octanol–water partition coefficient (Wildman–Crippen LogP) is 16.8. The van der Waals surface area contributed by atoms with E-state index in [-0.39, 0.29) is 5.41 Å². The van der Waals surface area contributed by atoms with Crippen LogP contribution >= 0.6 is 0 Å². The van der Waals surface area contributed by atoms with Crippen LogP contribution in [0.1, 0.15) is 47.2 Å². The predicted molar refractivity (Wildman–Crippen MR) is 271 cm³/mol. The van der Waals surface area contributed by atoms with Crippen molar-refractivity contribution in [3.63, 3.8) is 0 Å². The maximum atomic E-state index is 2.62. The van der Waals surface area contributed by atoms with E-state index < -0.39 is 5.41 Å². The van der Waals surface area contributed by atoms with Crippen molar-refractivity contribution in [3.8, 4) is 66.8 Å². The Labute approximate surface area is 381 Å². The molecular weight excluding hydrogens is 783 g/mol. The van der Waals surface area contributed by atoms with E-state index in [4.69, 9.17) is 0 Å². The van der Waals surface area contributed by atoms with Crippen LogP contribution in [0.25, 0.3) is 66.8 Å². The van der Waals surface area contributed by atoms with Crippen molar-refractivity contribution in [2.24, 2.45) is 0 Å². The van der Waals surface area contributed by atoms with Crippen molar-refractivity contribution in [1.29, 1.82) is 0 Å². The Bertz CT molecular complexity index is 3340. The Kier molecular flexibility index (Phi) is 8.24. The second kappa shape index (κ2) is 14.3. The molecule has 0 amide bonds. The zero-order valence-electron chi connectivity index (χ0n) is 36.5. The van der Waals surface area contributed by atoms with Gasteiger partial charge < -0.3 is 4.90 Å². The molecule has 0 unspecified atom stereocenters. The summed E-state index contributed by atoms with van der Waals surface area (Å²) in [5.74, 6) is 0. The first-order valence-electron chi connectivity index (χ1n) is 22.8. The summed E-state index contributed by atoms with van der Waals surface area (Å²) < 4.78 is 0. The van der Waals surface area contributed by atoms with Gasteiger partial charge in [0, 0.05) is 22.5 Å². The lowest BCUT2D eigenvalue weighted by Gasteiger charge is -2.32. The van der Waals surface area contributed by atoms with E-state index in [0.29, 0.717) is 0 Å². The Balaban J connectivity index is 1.11. The SMILES string of the molecule is CC1(C)c2ccccc2-c2c1cc1c(c2-c2ccccc2)-c2cc(N(c3ccc(-c4ccccc4)cc3)c3ccc(-c4ccccc4)cc3)ccc2C12c1ccccc1-c1ccccc12. The molecule has 65 heavy (non-hydrogen) atoms. The number of rotatable bonds is 6. The van der Waals surface area contributed by atoms with Gasteiger partial charge in [-0.25, -0.2) is 0 Å². The molecule has 0 N–H and O–H groups in total. The fourth-order valence-electron chi connectivity index (χ4n) is 11.8. The molecule has 10 aromatic carbocycles. The monoisotopic (exact) mass is 827 g/mol. The maximum Gasteiger partial charge on any atom is 0.0725 e. The zero-order chi connectivity index (χ0) is 43.3. The summed E-state index contributed by atoms with van der Waals surface area (Å²) >= 11 is 0. The third-order valence-corrected chi connectivity index (χ3v) is 14.7. The molecule has 1 spiro atoms. The molecule has 1 heteroatoms. The summed E-state index contributed by atoms with van der Waals surface area (Å²) in [4.78, 5) is 2.44. The van der Waals surface area contributed by atoms with Crippen LogP contribution < -0.4 is 4.90 Å². The van der Waals surface area contributed by atoms with E-state index in [1.54, 1.807) is 0 Å². The minimum absolute atomic E-state index is 0.197. The standard InChI is InChI=1S/C64H45N/c1-63(2)54-27-15-14-26-52(54)61-58(63)41-59-62(60(61)46-22-10-5-11-23-46)53-40-49(38-39-57(53)64(59)55-28-16-12-24-50(55)51-25-13-17-29-56(51)64)65(47-34-30-44(31-35-47)42-18-6-3-7-19-42)48-36-32-45(33-37-48)43-20-8-4-9-21-43/h3-41H,1-2H3. The van der Waals surface area contributed by atoms with Gasteiger partial charge in [0.05, 0.1) is 5.41 Å². The lowest BCUT2D eigenvalue weighted by Crippen LogP contribution is -2.27. The molecule has 1 nitrogen and oxygen atoms in total. The summed E-state index contributed by atoms with van der Waals surface area (Å²) in [6, 6.07) is 88.1. The summed E-state index contributed by atoms with van der Waals surface area (Å²) in [6.07, 6.45) is 0. The van der Waals surface area contributed by atoms with Crippen molar-refractivity contribution in [2.75, 3.05) is 4.90 Å². The van der Waals surface area contributed by atoms with Crippen molar-refractivity contribution in [1.82, 2.24) is 0 Å². The van der Waals surface area contributed by atoms with Gasteiger partial charge in [-0.3, -0.25) is 0 Å². The highest BCUT2D eigenvalue weighted by molar-refractivity contribution is 6.07. The van der Waals surface area contributed by atoms with E-state index in [2.05, 4.69) is 255 Å². The topological polar surface area (TPSA) is 3.24 Å². The molecule has 10 aromatic rings. The summed E-state index contributed by atoms with van der Waals surface area (Å²) in [5.41, 5.74) is 26.1. The third-order valence-electron chi connectivity index (χ3n) is 14.7. The molecule has 0 saturated carbocycles. The van der Waals surface area contributed by atoms with Crippen LogP contribution in [0.15, 0.2) is 237 Å². The van der Waals surface area contributed by atoms with Gasteiger partial charge >= 0.3 is 0 Å². The van der Waals surface area contributed by atoms with E-state index >= 15 is 0 Å². The number of benzene rings is 10. The molecule has 0 atom stereocenters. The molecule has 306 valence electrons. The van der Waals surface area contributed by atoms with Gasteiger partial charge in [0.1, 0.15) is 0 Å². The molecule has 0 fully saturated rings. The van der Waals surface area contributed by atoms with Gasteiger partial charge in [-0.15, -0.1) is 0 Å². The minimum Gasteiger partial charge on any atom is -0.310 e. The Morgan fingerprint density at radius 2 is 0.662 bits per heavy atom. The molecule has 3 aliphatic rings. The number of fused-ring (bicyclic) bond motifs is 13. The average molecular weight is 828 g/mol. The highest BCUT2D eigenvalue weighted by atomic mass is 15.1. The molecule has 3 aliphatic carbocycles. The van der Waals surface area contributed by atoms with E-state index in [1.165, 1.54) is 100 Å². The summed E-state index contributed by atoms with van der Waals surface area (Å²) in [6.45, 7) is 4.85. The van der Waals surface area contributed by atoms with Gasteiger partial charge in [-0.2, -0.15) is 0 Å².